The fraction of sp³-hybridized carbons (Fsp3) is 0.417. The van der Waals surface area contributed by atoms with Gasteiger partial charge < -0.3 is 5.11 Å². The number of carbonyl (C=O) groups is 1. The smallest absolute Gasteiger partial charge is 0.304 e. The number of rotatable bonds is 5. The quantitative estimate of drug-likeness (QED) is 0.893. The molecule has 0 fully saturated rings. The van der Waals surface area contributed by atoms with Crippen LogP contribution in [-0.4, -0.2) is 36.8 Å². The van der Waals surface area contributed by atoms with Crippen LogP contribution in [0.4, 0.5) is 0 Å². The van der Waals surface area contributed by atoms with Gasteiger partial charge in [0.15, 0.2) is 9.84 Å². The second kappa shape index (κ2) is 5.32. The summed E-state index contributed by atoms with van der Waals surface area (Å²) >= 11 is 1.66. The first-order valence-electron chi connectivity index (χ1n) is 5.62. The highest BCUT2D eigenvalue weighted by molar-refractivity contribution is 7.99. The van der Waals surface area contributed by atoms with Crippen molar-refractivity contribution in [3.8, 4) is 0 Å². The molecule has 98 valence electrons. The number of fused-ring (bicyclic) bond motifs is 1. The highest BCUT2D eigenvalue weighted by atomic mass is 32.2. The molecule has 1 unspecified atom stereocenters. The van der Waals surface area contributed by atoms with Crippen LogP contribution in [-0.2, 0) is 14.6 Å². The summed E-state index contributed by atoms with van der Waals surface area (Å²) in [5, 5.41) is 8.53. The maximum atomic E-state index is 11.8. The molecule has 0 aliphatic carbocycles. The minimum absolute atomic E-state index is 0.00926. The Bertz CT molecular complexity index is 551. The van der Waals surface area contributed by atoms with Gasteiger partial charge in [-0.2, -0.15) is 0 Å². The largest absolute Gasteiger partial charge is 0.481 e. The summed E-state index contributed by atoms with van der Waals surface area (Å²) in [4.78, 5) is 11.5. The average Bonchev–Trinajstić information content (AvgIpc) is 2.70. The maximum Gasteiger partial charge on any atom is 0.304 e. The highest BCUT2D eigenvalue weighted by Gasteiger charge is 2.27. The van der Waals surface area contributed by atoms with Gasteiger partial charge >= 0.3 is 5.97 Å². The van der Waals surface area contributed by atoms with Crippen LogP contribution >= 0.6 is 11.8 Å². The number of thioether (sulfide) groups is 1. The van der Waals surface area contributed by atoms with E-state index in [0.29, 0.717) is 0 Å². The summed E-state index contributed by atoms with van der Waals surface area (Å²) in [5.41, 5.74) is 1.07. The van der Waals surface area contributed by atoms with Gasteiger partial charge in [-0.3, -0.25) is 4.79 Å². The molecule has 0 radical (unpaired) electrons. The van der Waals surface area contributed by atoms with Crippen LogP contribution in [0.2, 0.25) is 0 Å². The Morgan fingerprint density at radius 2 is 2.11 bits per heavy atom. The van der Waals surface area contributed by atoms with E-state index in [1.165, 1.54) is 0 Å². The number of benzene rings is 1. The predicted molar refractivity (Wildman–Crippen MR) is 70.8 cm³/mol. The van der Waals surface area contributed by atoms with E-state index in [9.17, 15) is 13.2 Å². The second-order valence-corrected chi connectivity index (χ2v) is 7.59. The first-order valence-corrected chi connectivity index (χ1v) is 8.42. The van der Waals surface area contributed by atoms with Crippen LogP contribution in [0, 0.1) is 0 Å². The SMILES string of the molecule is O=C(O)CCS(=O)(=O)CC1CSc2ccccc21. The number of carboxylic acids is 1. The number of hydrogen-bond donors (Lipinski definition) is 1. The molecule has 4 nitrogen and oxygen atoms in total. The van der Waals surface area contributed by atoms with Crippen LogP contribution in [0.25, 0.3) is 0 Å². The molecule has 1 aliphatic heterocycles. The van der Waals surface area contributed by atoms with Gasteiger partial charge in [0.25, 0.3) is 0 Å². The Kier molecular flexibility index (Phi) is 3.97. The van der Waals surface area contributed by atoms with Crippen molar-refractivity contribution in [3.05, 3.63) is 29.8 Å². The second-order valence-electron chi connectivity index (χ2n) is 4.30. The number of sulfone groups is 1. The van der Waals surface area contributed by atoms with Crippen molar-refractivity contribution >= 4 is 27.6 Å². The van der Waals surface area contributed by atoms with Crippen molar-refractivity contribution in [1.82, 2.24) is 0 Å². The zero-order chi connectivity index (χ0) is 13.2. The monoisotopic (exact) mass is 286 g/mol. The van der Waals surface area contributed by atoms with Gasteiger partial charge in [0.1, 0.15) is 0 Å². The van der Waals surface area contributed by atoms with E-state index in [2.05, 4.69) is 0 Å². The van der Waals surface area contributed by atoms with Gasteiger partial charge in [-0.05, 0) is 11.6 Å². The van der Waals surface area contributed by atoms with E-state index >= 15 is 0 Å². The molecule has 0 bridgehead atoms. The van der Waals surface area contributed by atoms with Crippen LogP contribution in [0.1, 0.15) is 17.9 Å². The summed E-state index contributed by atoms with van der Waals surface area (Å²) in [7, 11) is -3.30. The summed E-state index contributed by atoms with van der Waals surface area (Å²) in [6.07, 6.45) is -0.316. The van der Waals surface area contributed by atoms with Crippen LogP contribution in [0.15, 0.2) is 29.2 Å². The van der Waals surface area contributed by atoms with Gasteiger partial charge in [0.2, 0.25) is 0 Å². The molecular formula is C12H14O4S2. The van der Waals surface area contributed by atoms with Gasteiger partial charge in [0, 0.05) is 16.6 Å². The molecular weight excluding hydrogens is 272 g/mol. The Morgan fingerprint density at radius 1 is 1.39 bits per heavy atom. The Labute approximate surface area is 110 Å². The molecule has 0 saturated carbocycles. The zero-order valence-electron chi connectivity index (χ0n) is 9.70. The molecule has 6 heteroatoms. The molecule has 0 spiro atoms. The van der Waals surface area contributed by atoms with Crippen LogP contribution < -0.4 is 0 Å². The molecule has 1 N–H and O–H groups in total. The molecule has 18 heavy (non-hydrogen) atoms. The van der Waals surface area contributed by atoms with Crippen molar-refractivity contribution in [2.45, 2.75) is 17.2 Å². The lowest BCUT2D eigenvalue weighted by molar-refractivity contribution is -0.136. The van der Waals surface area contributed by atoms with Gasteiger partial charge in [0.05, 0.1) is 17.9 Å². The van der Waals surface area contributed by atoms with E-state index in [0.717, 1.165) is 16.2 Å². The summed E-state index contributed by atoms with van der Waals surface area (Å²) in [5.74, 6) is -0.550. The van der Waals surface area contributed by atoms with E-state index in [1.807, 2.05) is 24.3 Å². The van der Waals surface area contributed by atoms with Gasteiger partial charge in [-0.1, -0.05) is 18.2 Å². The molecule has 0 aromatic heterocycles. The third-order valence-corrected chi connectivity index (χ3v) is 5.87. The molecule has 1 heterocycles. The lowest BCUT2D eigenvalue weighted by atomic mass is 10.0. The van der Waals surface area contributed by atoms with Crippen molar-refractivity contribution in [2.75, 3.05) is 17.3 Å². The summed E-state index contributed by atoms with van der Waals surface area (Å²) in [6, 6.07) is 7.78. The van der Waals surface area contributed by atoms with Gasteiger partial charge in [-0.25, -0.2) is 8.42 Å². The van der Waals surface area contributed by atoms with Crippen molar-refractivity contribution < 1.29 is 18.3 Å². The maximum absolute atomic E-state index is 11.8. The molecule has 2 rings (SSSR count). The van der Waals surface area contributed by atoms with E-state index in [4.69, 9.17) is 5.11 Å². The molecule has 1 aromatic carbocycles. The molecule has 1 aromatic rings. The molecule has 0 amide bonds. The van der Waals surface area contributed by atoms with Crippen molar-refractivity contribution in [1.29, 1.82) is 0 Å². The molecule has 0 saturated heterocycles. The highest BCUT2D eigenvalue weighted by Crippen LogP contribution is 2.39. The molecule has 1 atom stereocenters. The van der Waals surface area contributed by atoms with Crippen LogP contribution in [0.5, 0.6) is 0 Å². The van der Waals surface area contributed by atoms with Crippen molar-refractivity contribution in [2.24, 2.45) is 0 Å². The van der Waals surface area contributed by atoms with Crippen molar-refractivity contribution in [3.63, 3.8) is 0 Å². The normalized spacial score (nSPS) is 18.6. The Hall–Kier alpha value is -1.01. The minimum Gasteiger partial charge on any atom is -0.481 e. The number of aliphatic carboxylic acids is 1. The van der Waals surface area contributed by atoms with Gasteiger partial charge in [-0.15, -0.1) is 11.8 Å². The summed E-state index contributed by atoms with van der Waals surface area (Å²) in [6.45, 7) is 0. The minimum atomic E-state index is -3.30. The predicted octanol–water partition coefficient (Wildman–Crippen LogP) is 1.77. The number of hydrogen-bond acceptors (Lipinski definition) is 4. The van der Waals surface area contributed by atoms with E-state index in [1.54, 1.807) is 11.8 Å². The fourth-order valence-electron chi connectivity index (χ4n) is 2.00. The summed E-state index contributed by atoms with van der Waals surface area (Å²) < 4.78 is 23.7. The van der Waals surface area contributed by atoms with E-state index < -0.39 is 15.8 Å². The first-order chi connectivity index (χ1) is 8.48. The average molecular weight is 286 g/mol. The number of carboxylic acid groups (broad SMARTS) is 1. The first kappa shape index (κ1) is 13.4. The Balaban J connectivity index is 2.05. The molecule has 1 aliphatic rings. The third kappa shape index (κ3) is 3.26. The third-order valence-electron chi connectivity index (χ3n) is 2.88. The van der Waals surface area contributed by atoms with Crippen LogP contribution in [0.3, 0.4) is 0 Å². The lowest BCUT2D eigenvalue weighted by Gasteiger charge is -2.10. The standard InChI is InChI=1S/C12H14O4S2/c13-12(14)5-6-18(15,16)8-9-7-17-11-4-2-1-3-10(9)11/h1-4,9H,5-8H2,(H,13,14). The Morgan fingerprint density at radius 3 is 2.83 bits per heavy atom. The lowest BCUT2D eigenvalue weighted by Crippen LogP contribution is -2.19. The van der Waals surface area contributed by atoms with E-state index in [-0.39, 0.29) is 23.8 Å². The zero-order valence-corrected chi connectivity index (χ0v) is 11.3. The topological polar surface area (TPSA) is 71.4 Å². The fourth-order valence-corrected chi connectivity index (χ4v) is 4.97.